The summed E-state index contributed by atoms with van der Waals surface area (Å²) >= 11 is 0. The van der Waals surface area contributed by atoms with Crippen molar-refractivity contribution in [3.63, 3.8) is 0 Å². The predicted octanol–water partition coefficient (Wildman–Crippen LogP) is 5.01. The summed E-state index contributed by atoms with van der Waals surface area (Å²) in [5, 5.41) is 3.46. The zero-order valence-corrected chi connectivity index (χ0v) is 14.1. The van der Waals surface area contributed by atoms with Crippen LogP contribution in [0, 0.1) is 12.8 Å². The van der Waals surface area contributed by atoms with Crippen molar-refractivity contribution in [1.82, 2.24) is 5.32 Å². The molecule has 1 N–H and O–H groups in total. The summed E-state index contributed by atoms with van der Waals surface area (Å²) < 4.78 is 6.29. The Kier molecular flexibility index (Phi) is 6.10. The molecule has 2 nitrogen and oxygen atoms in total. The molecule has 0 radical (unpaired) electrons. The molecule has 0 saturated heterocycles. The van der Waals surface area contributed by atoms with Gasteiger partial charge in [0.25, 0.3) is 0 Å². The molecular formula is C19H31NO. The Balaban J connectivity index is 2.00. The summed E-state index contributed by atoms with van der Waals surface area (Å²) in [7, 11) is 0. The maximum Gasteiger partial charge on any atom is 0.122 e. The van der Waals surface area contributed by atoms with E-state index in [1.165, 1.54) is 43.2 Å². The van der Waals surface area contributed by atoms with Crippen LogP contribution in [-0.2, 0) is 0 Å². The van der Waals surface area contributed by atoms with Gasteiger partial charge in [-0.05, 0) is 62.8 Å². The van der Waals surface area contributed by atoms with Crippen LogP contribution in [0.4, 0.5) is 0 Å². The van der Waals surface area contributed by atoms with E-state index < -0.39 is 0 Å². The van der Waals surface area contributed by atoms with Crippen LogP contribution in [0.2, 0.25) is 0 Å². The highest BCUT2D eigenvalue weighted by Gasteiger charge is 2.22. The second kappa shape index (κ2) is 7.84. The van der Waals surface area contributed by atoms with Crippen molar-refractivity contribution in [2.24, 2.45) is 5.92 Å². The summed E-state index contributed by atoms with van der Waals surface area (Å²) in [6.07, 6.45) is 6.85. The van der Waals surface area contributed by atoms with Crippen molar-refractivity contribution in [1.29, 1.82) is 0 Å². The summed E-state index contributed by atoms with van der Waals surface area (Å²) in [6, 6.07) is 7.04. The van der Waals surface area contributed by atoms with Gasteiger partial charge in [-0.15, -0.1) is 0 Å². The van der Waals surface area contributed by atoms with Crippen molar-refractivity contribution < 1.29 is 4.74 Å². The molecule has 1 aliphatic rings. The van der Waals surface area contributed by atoms with Crippen molar-refractivity contribution in [3.8, 4) is 5.75 Å². The highest BCUT2D eigenvalue weighted by molar-refractivity contribution is 5.37. The number of hydrogen-bond acceptors (Lipinski definition) is 2. The number of hydrogen-bond donors (Lipinski definition) is 1. The molecule has 2 heteroatoms. The first-order valence-corrected chi connectivity index (χ1v) is 8.64. The van der Waals surface area contributed by atoms with Crippen LogP contribution in [0.25, 0.3) is 0 Å². The molecule has 0 bridgehead atoms. The van der Waals surface area contributed by atoms with E-state index in [9.17, 15) is 0 Å². The zero-order chi connectivity index (χ0) is 15.2. The van der Waals surface area contributed by atoms with Crippen molar-refractivity contribution in [2.45, 2.75) is 71.9 Å². The molecule has 3 unspecified atom stereocenters. The number of benzene rings is 1. The van der Waals surface area contributed by atoms with Gasteiger partial charge in [0.05, 0.1) is 6.10 Å². The summed E-state index contributed by atoms with van der Waals surface area (Å²) in [5.41, 5.74) is 2.60. The van der Waals surface area contributed by atoms with E-state index in [-0.39, 0.29) is 0 Å². The fraction of sp³-hybridized carbons (Fsp3) is 0.684. The lowest BCUT2D eigenvalue weighted by Crippen LogP contribution is -2.25. The monoisotopic (exact) mass is 289 g/mol. The quantitative estimate of drug-likeness (QED) is 0.794. The molecule has 1 aliphatic carbocycles. The van der Waals surface area contributed by atoms with Gasteiger partial charge in [-0.2, -0.15) is 0 Å². The highest BCUT2D eigenvalue weighted by atomic mass is 16.5. The average molecular weight is 289 g/mol. The van der Waals surface area contributed by atoms with Gasteiger partial charge < -0.3 is 10.1 Å². The van der Waals surface area contributed by atoms with Crippen LogP contribution in [0.1, 0.15) is 70.0 Å². The predicted molar refractivity (Wildman–Crippen MR) is 89.9 cm³/mol. The first kappa shape index (κ1) is 16.4. The minimum absolute atomic E-state index is 0.405. The van der Waals surface area contributed by atoms with Crippen LogP contribution in [0.5, 0.6) is 5.75 Å². The number of nitrogens with one attached hydrogen (secondary N) is 1. The fourth-order valence-corrected chi connectivity index (χ4v) is 3.40. The minimum Gasteiger partial charge on any atom is -0.490 e. The van der Waals surface area contributed by atoms with Crippen LogP contribution < -0.4 is 10.1 Å². The molecule has 3 atom stereocenters. The molecule has 0 aliphatic heterocycles. The van der Waals surface area contributed by atoms with E-state index in [4.69, 9.17) is 4.74 Å². The highest BCUT2D eigenvalue weighted by Crippen LogP contribution is 2.31. The van der Waals surface area contributed by atoms with Gasteiger partial charge in [-0.1, -0.05) is 38.8 Å². The van der Waals surface area contributed by atoms with Gasteiger partial charge in [0.1, 0.15) is 5.75 Å². The van der Waals surface area contributed by atoms with Crippen LogP contribution in [-0.4, -0.2) is 12.6 Å². The molecule has 0 spiro atoms. The molecule has 1 aromatic rings. The van der Waals surface area contributed by atoms with Gasteiger partial charge in [0, 0.05) is 6.04 Å². The first-order valence-electron chi connectivity index (χ1n) is 8.64. The van der Waals surface area contributed by atoms with E-state index in [1.807, 2.05) is 0 Å². The van der Waals surface area contributed by atoms with E-state index in [0.29, 0.717) is 12.1 Å². The lowest BCUT2D eigenvalue weighted by atomic mass is 9.85. The summed E-state index contributed by atoms with van der Waals surface area (Å²) in [5.74, 6) is 1.93. The fourth-order valence-electron chi connectivity index (χ4n) is 3.40. The van der Waals surface area contributed by atoms with E-state index in [1.54, 1.807) is 0 Å². The Hall–Kier alpha value is -1.02. The van der Waals surface area contributed by atoms with Gasteiger partial charge in [-0.25, -0.2) is 0 Å². The lowest BCUT2D eigenvalue weighted by Gasteiger charge is -2.29. The van der Waals surface area contributed by atoms with E-state index >= 15 is 0 Å². The molecule has 0 amide bonds. The second-order valence-electron chi connectivity index (χ2n) is 6.49. The van der Waals surface area contributed by atoms with Gasteiger partial charge in [-0.3, -0.25) is 0 Å². The number of rotatable bonds is 6. The summed E-state index contributed by atoms with van der Waals surface area (Å²) in [4.78, 5) is 0. The normalized spacial score (nSPS) is 23.8. The maximum absolute atomic E-state index is 6.29. The van der Waals surface area contributed by atoms with Crippen molar-refractivity contribution in [3.05, 3.63) is 29.3 Å². The smallest absolute Gasteiger partial charge is 0.122 e. The van der Waals surface area contributed by atoms with E-state index in [2.05, 4.69) is 51.2 Å². The Bertz CT molecular complexity index is 443. The van der Waals surface area contributed by atoms with Gasteiger partial charge >= 0.3 is 0 Å². The van der Waals surface area contributed by atoms with Crippen LogP contribution in [0.3, 0.4) is 0 Å². The molecule has 0 heterocycles. The largest absolute Gasteiger partial charge is 0.490 e. The van der Waals surface area contributed by atoms with Crippen LogP contribution in [0.15, 0.2) is 18.2 Å². The lowest BCUT2D eigenvalue weighted by molar-refractivity contribution is 0.121. The second-order valence-corrected chi connectivity index (χ2v) is 6.49. The van der Waals surface area contributed by atoms with Crippen molar-refractivity contribution >= 4 is 0 Å². The van der Waals surface area contributed by atoms with Crippen molar-refractivity contribution in [2.75, 3.05) is 6.54 Å². The third kappa shape index (κ3) is 4.47. The standard InChI is InChI=1S/C19H31NO/c1-5-16-8-7-9-18(13-16)21-19-11-10-17(12-14(19)3)15(4)20-6-2/h10-12,15-16,18,20H,5-9,13H2,1-4H3. The SMILES string of the molecule is CCNC(C)c1ccc(OC2CCCC(CC)C2)c(C)c1. The Labute approximate surface area is 130 Å². The summed E-state index contributed by atoms with van der Waals surface area (Å²) in [6.45, 7) is 9.83. The molecule has 1 saturated carbocycles. The number of ether oxygens (including phenoxy) is 1. The molecule has 21 heavy (non-hydrogen) atoms. The third-order valence-corrected chi connectivity index (χ3v) is 4.81. The maximum atomic E-state index is 6.29. The molecule has 118 valence electrons. The Morgan fingerprint density at radius 3 is 2.76 bits per heavy atom. The molecule has 0 aromatic heterocycles. The third-order valence-electron chi connectivity index (χ3n) is 4.81. The van der Waals surface area contributed by atoms with Gasteiger partial charge in [0.2, 0.25) is 0 Å². The van der Waals surface area contributed by atoms with Gasteiger partial charge in [0.15, 0.2) is 0 Å². The zero-order valence-electron chi connectivity index (χ0n) is 14.1. The Morgan fingerprint density at radius 1 is 1.29 bits per heavy atom. The minimum atomic E-state index is 0.405. The molecular weight excluding hydrogens is 258 g/mol. The number of aryl methyl sites for hydroxylation is 1. The average Bonchev–Trinajstić information content (AvgIpc) is 2.49. The first-order chi connectivity index (χ1) is 10.1. The van der Waals surface area contributed by atoms with E-state index in [0.717, 1.165) is 18.2 Å². The Morgan fingerprint density at radius 2 is 2.10 bits per heavy atom. The molecule has 2 rings (SSSR count). The van der Waals surface area contributed by atoms with Crippen LogP contribution >= 0.6 is 0 Å². The topological polar surface area (TPSA) is 21.3 Å². The molecule has 1 fully saturated rings. The molecule has 1 aromatic carbocycles.